The van der Waals surface area contributed by atoms with Gasteiger partial charge < -0.3 is 20.5 Å². The lowest BCUT2D eigenvalue weighted by Crippen LogP contribution is -2.35. The molecule has 0 aliphatic carbocycles. The van der Waals surface area contributed by atoms with Crippen LogP contribution in [0.3, 0.4) is 0 Å². The average molecular weight is 320 g/mol. The molecule has 1 aromatic carbocycles. The van der Waals surface area contributed by atoms with E-state index in [9.17, 15) is 4.79 Å². The third-order valence-corrected chi connectivity index (χ3v) is 4.24. The van der Waals surface area contributed by atoms with Gasteiger partial charge in [-0.2, -0.15) is 0 Å². The predicted octanol–water partition coefficient (Wildman–Crippen LogP) is 2.29. The van der Waals surface area contributed by atoms with E-state index < -0.39 is 0 Å². The Labute approximate surface area is 138 Å². The Morgan fingerprint density at radius 1 is 1.48 bits per heavy atom. The van der Waals surface area contributed by atoms with Crippen LogP contribution in [0.4, 0.5) is 0 Å². The van der Waals surface area contributed by atoms with Gasteiger partial charge in [0.2, 0.25) is 5.91 Å². The number of benzene rings is 1. The van der Waals surface area contributed by atoms with Crippen LogP contribution in [0.25, 0.3) is 0 Å². The van der Waals surface area contributed by atoms with Crippen LogP contribution < -0.4 is 15.8 Å². The number of hydrogen-bond donors (Lipinski definition) is 2. The lowest BCUT2D eigenvalue weighted by molar-refractivity contribution is -0.132. The highest BCUT2D eigenvalue weighted by Crippen LogP contribution is 2.23. The Morgan fingerprint density at radius 2 is 2.26 bits per heavy atom. The quantitative estimate of drug-likeness (QED) is 0.808. The van der Waals surface area contributed by atoms with Crippen molar-refractivity contribution >= 4 is 5.91 Å². The highest BCUT2D eigenvalue weighted by atomic mass is 16.5. The maximum absolute atomic E-state index is 12.2. The van der Waals surface area contributed by atoms with Crippen LogP contribution in [-0.4, -0.2) is 30.8 Å². The van der Waals surface area contributed by atoms with Gasteiger partial charge in [0.15, 0.2) is 0 Å². The minimum Gasteiger partial charge on any atom is -0.490 e. The van der Waals surface area contributed by atoms with E-state index in [4.69, 9.17) is 15.2 Å². The molecule has 5 heteroatoms. The molecule has 3 N–H and O–H groups in total. The molecule has 3 atom stereocenters. The zero-order valence-electron chi connectivity index (χ0n) is 14.3. The monoisotopic (exact) mass is 320 g/mol. The van der Waals surface area contributed by atoms with Gasteiger partial charge in [-0.1, -0.05) is 19.1 Å². The van der Waals surface area contributed by atoms with E-state index in [-0.39, 0.29) is 24.2 Å². The summed E-state index contributed by atoms with van der Waals surface area (Å²) in [6.45, 7) is 7.08. The number of carbonyl (C=O) groups is 1. The van der Waals surface area contributed by atoms with Crippen molar-refractivity contribution in [1.82, 2.24) is 5.32 Å². The molecule has 1 aliphatic heterocycles. The van der Waals surface area contributed by atoms with Crippen LogP contribution in [0, 0.1) is 6.92 Å². The Morgan fingerprint density at radius 3 is 2.91 bits per heavy atom. The number of hydrogen-bond acceptors (Lipinski definition) is 4. The zero-order valence-corrected chi connectivity index (χ0v) is 14.3. The molecule has 1 fully saturated rings. The second kappa shape index (κ2) is 8.31. The highest BCUT2D eigenvalue weighted by molar-refractivity contribution is 5.81. The summed E-state index contributed by atoms with van der Waals surface area (Å²) in [5.41, 5.74) is 7.71. The van der Waals surface area contributed by atoms with Gasteiger partial charge in [-0.05, 0) is 44.7 Å². The summed E-state index contributed by atoms with van der Waals surface area (Å²) in [7, 11) is 0. The molecule has 23 heavy (non-hydrogen) atoms. The maximum atomic E-state index is 12.2. The van der Waals surface area contributed by atoms with Gasteiger partial charge in [0.25, 0.3) is 0 Å². The van der Waals surface area contributed by atoms with Gasteiger partial charge in [0, 0.05) is 18.7 Å². The Bertz CT molecular complexity index is 533. The fourth-order valence-electron chi connectivity index (χ4n) is 2.59. The molecule has 0 bridgehead atoms. The average Bonchev–Trinajstić information content (AvgIpc) is 3.03. The molecule has 1 saturated heterocycles. The summed E-state index contributed by atoms with van der Waals surface area (Å²) >= 11 is 0. The second-order valence-electron chi connectivity index (χ2n) is 6.23. The Kier molecular flexibility index (Phi) is 6.42. The van der Waals surface area contributed by atoms with E-state index in [2.05, 4.69) is 12.2 Å². The van der Waals surface area contributed by atoms with Gasteiger partial charge in [-0.3, -0.25) is 4.79 Å². The molecule has 0 saturated carbocycles. The topological polar surface area (TPSA) is 73.6 Å². The number of carbonyl (C=O) groups excluding carboxylic acids is 1. The van der Waals surface area contributed by atoms with Gasteiger partial charge in [-0.25, -0.2) is 0 Å². The van der Waals surface area contributed by atoms with Crippen LogP contribution in [0.5, 0.6) is 5.75 Å². The largest absolute Gasteiger partial charge is 0.490 e. The van der Waals surface area contributed by atoms with Crippen molar-refractivity contribution in [2.45, 2.75) is 64.9 Å². The van der Waals surface area contributed by atoms with Crippen molar-refractivity contribution in [1.29, 1.82) is 0 Å². The van der Waals surface area contributed by atoms with E-state index in [0.29, 0.717) is 13.1 Å². The first kappa shape index (κ1) is 17.8. The van der Waals surface area contributed by atoms with Crippen molar-refractivity contribution in [3.63, 3.8) is 0 Å². The third kappa shape index (κ3) is 4.94. The van der Waals surface area contributed by atoms with Crippen LogP contribution in [-0.2, 0) is 16.1 Å². The minimum atomic E-state index is -0.382. The first-order valence-corrected chi connectivity index (χ1v) is 8.42. The van der Waals surface area contributed by atoms with Gasteiger partial charge >= 0.3 is 0 Å². The molecule has 1 amide bonds. The number of aryl methyl sites for hydroxylation is 1. The van der Waals surface area contributed by atoms with Crippen LogP contribution in [0.1, 0.15) is 44.2 Å². The summed E-state index contributed by atoms with van der Waals surface area (Å²) in [6, 6.07) is 6.05. The van der Waals surface area contributed by atoms with E-state index in [1.165, 1.54) is 0 Å². The molecule has 0 radical (unpaired) electrons. The van der Waals surface area contributed by atoms with E-state index in [0.717, 1.165) is 36.1 Å². The lowest BCUT2D eigenvalue weighted by Gasteiger charge is -2.18. The fourth-order valence-corrected chi connectivity index (χ4v) is 2.59. The van der Waals surface area contributed by atoms with Crippen LogP contribution in [0.2, 0.25) is 0 Å². The first-order valence-electron chi connectivity index (χ1n) is 8.42. The molecule has 0 spiro atoms. The SMILES string of the molecule is CCC(C)Oc1cc(C)ccc1CNC(=O)[C@@H]1CC[C@H](CN)O1. The normalized spacial score (nSPS) is 21.9. The first-order chi connectivity index (χ1) is 11.0. The van der Waals surface area contributed by atoms with Gasteiger partial charge in [0.1, 0.15) is 11.9 Å². The summed E-state index contributed by atoms with van der Waals surface area (Å²) in [4.78, 5) is 12.2. The standard InChI is InChI=1S/C18H28N2O3/c1-4-13(3)22-17-9-12(2)5-6-14(17)11-20-18(21)16-8-7-15(10-19)23-16/h5-6,9,13,15-16H,4,7-8,10-11,19H2,1-3H3,(H,20,21)/t13?,15-,16+/m1/s1. The van der Waals surface area contributed by atoms with Crippen molar-refractivity contribution in [2.24, 2.45) is 5.73 Å². The molecular weight excluding hydrogens is 292 g/mol. The zero-order chi connectivity index (χ0) is 16.8. The Hall–Kier alpha value is -1.59. The van der Waals surface area contributed by atoms with Crippen molar-refractivity contribution in [3.8, 4) is 5.75 Å². The smallest absolute Gasteiger partial charge is 0.249 e. The summed E-state index contributed by atoms with van der Waals surface area (Å²) in [5.74, 6) is 0.767. The highest BCUT2D eigenvalue weighted by Gasteiger charge is 2.29. The fraction of sp³-hybridized carbons (Fsp3) is 0.611. The molecule has 128 valence electrons. The number of amides is 1. The predicted molar refractivity (Wildman–Crippen MR) is 90.4 cm³/mol. The number of nitrogens with two attached hydrogens (primary N) is 1. The molecule has 5 nitrogen and oxygen atoms in total. The van der Waals surface area contributed by atoms with Crippen molar-refractivity contribution in [2.75, 3.05) is 6.54 Å². The third-order valence-electron chi connectivity index (χ3n) is 4.24. The Balaban J connectivity index is 1.95. The molecule has 1 unspecified atom stereocenters. The molecule has 2 rings (SSSR count). The minimum absolute atomic E-state index is 0.00872. The summed E-state index contributed by atoms with van der Waals surface area (Å²) in [5, 5.41) is 2.95. The molecule has 1 aromatic rings. The van der Waals surface area contributed by atoms with Crippen LogP contribution in [0.15, 0.2) is 18.2 Å². The maximum Gasteiger partial charge on any atom is 0.249 e. The molecular formula is C18H28N2O3. The van der Waals surface area contributed by atoms with E-state index in [1.807, 2.05) is 32.0 Å². The molecule has 1 aliphatic rings. The van der Waals surface area contributed by atoms with Crippen LogP contribution >= 0.6 is 0 Å². The van der Waals surface area contributed by atoms with E-state index in [1.54, 1.807) is 0 Å². The number of rotatable bonds is 7. The van der Waals surface area contributed by atoms with Crippen molar-refractivity contribution < 1.29 is 14.3 Å². The van der Waals surface area contributed by atoms with Crippen molar-refractivity contribution in [3.05, 3.63) is 29.3 Å². The number of ether oxygens (including phenoxy) is 2. The second-order valence-corrected chi connectivity index (χ2v) is 6.23. The molecule has 1 heterocycles. The number of nitrogens with one attached hydrogen (secondary N) is 1. The van der Waals surface area contributed by atoms with Gasteiger partial charge in [0.05, 0.1) is 12.2 Å². The summed E-state index contributed by atoms with van der Waals surface area (Å²) < 4.78 is 11.6. The summed E-state index contributed by atoms with van der Waals surface area (Å²) in [6.07, 6.45) is 2.30. The van der Waals surface area contributed by atoms with E-state index >= 15 is 0 Å². The lowest BCUT2D eigenvalue weighted by atomic mass is 10.1. The molecule has 0 aromatic heterocycles. The van der Waals surface area contributed by atoms with Gasteiger partial charge in [-0.15, -0.1) is 0 Å².